The second-order valence-corrected chi connectivity index (χ2v) is 7.88. The van der Waals surface area contributed by atoms with Gasteiger partial charge in [0.25, 0.3) is 5.91 Å². The van der Waals surface area contributed by atoms with Crippen LogP contribution in [0.15, 0.2) is 60.7 Å². The van der Waals surface area contributed by atoms with E-state index >= 15 is 0 Å². The highest BCUT2D eigenvalue weighted by atomic mass is 16.6. The number of carbonyl (C=O) groups excluding carboxylic acids is 3. The highest BCUT2D eigenvalue weighted by molar-refractivity contribution is 6.11. The van der Waals surface area contributed by atoms with Crippen LogP contribution in [0.3, 0.4) is 0 Å². The van der Waals surface area contributed by atoms with Gasteiger partial charge in [0.05, 0.1) is 0 Å². The Morgan fingerprint density at radius 2 is 1.78 bits per heavy atom. The molecule has 32 heavy (non-hydrogen) atoms. The molecule has 5 rings (SSSR count). The minimum absolute atomic E-state index is 0.395. The van der Waals surface area contributed by atoms with Crippen LogP contribution < -0.4 is 20.1 Å². The van der Waals surface area contributed by atoms with Crippen LogP contribution in [0.25, 0.3) is 10.8 Å². The van der Waals surface area contributed by atoms with Crippen molar-refractivity contribution in [3.05, 3.63) is 66.2 Å². The van der Waals surface area contributed by atoms with E-state index in [-0.39, 0.29) is 0 Å². The lowest BCUT2D eigenvalue weighted by atomic mass is 9.91. The normalized spacial score (nSPS) is 19.7. The van der Waals surface area contributed by atoms with Crippen LogP contribution in [0.1, 0.15) is 12.5 Å². The molecule has 0 aliphatic carbocycles. The number of rotatable bonds is 4. The molecule has 162 valence electrons. The Kier molecular flexibility index (Phi) is 4.70. The summed E-state index contributed by atoms with van der Waals surface area (Å²) < 4.78 is 11.1. The molecule has 1 fully saturated rings. The van der Waals surface area contributed by atoms with Crippen LogP contribution in [-0.4, -0.2) is 42.5 Å². The fourth-order valence-corrected chi connectivity index (χ4v) is 4.06. The quantitative estimate of drug-likeness (QED) is 0.619. The minimum Gasteiger partial charge on any atom is -0.486 e. The van der Waals surface area contributed by atoms with Gasteiger partial charge in [-0.15, -0.1) is 0 Å². The molecule has 8 heteroatoms. The molecule has 0 spiro atoms. The minimum atomic E-state index is -1.31. The number of nitrogens with one attached hydrogen (secondary N) is 2. The number of urea groups is 1. The van der Waals surface area contributed by atoms with Crippen LogP contribution in [0, 0.1) is 0 Å². The number of hydrogen-bond donors (Lipinski definition) is 2. The summed E-state index contributed by atoms with van der Waals surface area (Å²) in [4.78, 5) is 39.5. The molecular weight excluding hydrogens is 410 g/mol. The number of hydrogen-bond acceptors (Lipinski definition) is 5. The molecule has 1 saturated heterocycles. The zero-order chi connectivity index (χ0) is 22.3. The third kappa shape index (κ3) is 3.30. The Morgan fingerprint density at radius 1 is 1.03 bits per heavy atom. The Hall–Kier alpha value is -4.07. The van der Waals surface area contributed by atoms with Gasteiger partial charge in [-0.2, -0.15) is 0 Å². The van der Waals surface area contributed by atoms with Crippen LogP contribution >= 0.6 is 0 Å². The summed E-state index contributed by atoms with van der Waals surface area (Å²) in [6, 6.07) is 17.7. The molecule has 2 aliphatic rings. The molecule has 0 saturated carbocycles. The summed E-state index contributed by atoms with van der Waals surface area (Å²) in [6.07, 6.45) is 0. The molecule has 0 aromatic heterocycles. The van der Waals surface area contributed by atoms with Gasteiger partial charge in [0, 0.05) is 11.1 Å². The highest BCUT2D eigenvalue weighted by Gasteiger charge is 2.49. The molecule has 2 aliphatic heterocycles. The van der Waals surface area contributed by atoms with Crippen LogP contribution in [0.2, 0.25) is 0 Å². The van der Waals surface area contributed by atoms with E-state index in [0.717, 1.165) is 15.7 Å². The first kappa shape index (κ1) is 19.9. The Bertz CT molecular complexity index is 1250. The summed E-state index contributed by atoms with van der Waals surface area (Å²) in [5.41, 5.74) is -0.140. The predicted octanol–water partition coefficient (Wildman–Crippen LogP) is 3.02. The number of fused-ring (bicyclic) bond motifs is 2. The lowest BCUT2D eigenvalue weighted by Crippen LogP contribution is -2.42. The maximum atomic E-state index is 13.2. The number of benzene rings is 3. The zero-order valence-corrected chi connectivity index (χ0v) is 17.4. The largest absolute Gasteiger partial charge is 0.486 e. The Morgan fingerprint density at radius 3 is 2.62 bits per heavy atom. The number of anilines is 1. The number of amides is 4. The van der Waals surface area contributed by atoms with Crippen molar-refractivity contribution < 1.29 is 23.9 Å². The van der Waals surface area contributed by atoms with E-state index in [2.05, 4.69) is 10.6 Å². The van der Waals surface area contributed by atoms with Gasteiger partial charge in [0.15, 0.2) is 11.5 Å². The number of nitrogens with zero attached hydrogens (tertiary/aromatic N) is 1. The second kappa shape index (κ2) is 7.56. The van der Waals surface area contributed by atoms with E-state index < -0.39 is 29.9 Å². The zero-order valence-electron chi connectivity index (χ0n) is 17.4. The van der Waals surface area contributed by atoms with Crippen LogP contribution in [0.4, 0.5) is 10.5 Å². The molecule has 8 nitrogen and oxygen atoms in total. The fraction of sp³-hybridized carbons (Fsp3) is 0.208. The van der Waals surface area contributed by atoms with Gasteiger partial charge >= 0.3 is 6.03 Å². The van der Waals surface area contributed by atoms with Crippen LogP contribution in [0.5, 0.6) is 11.5 Å². The summed E-state index contributed by atoms with van der Waals surface area (Å²) in [5.74, 6) is 0.138. The standard InChI is InChI=1S/C24H21N3O5/c1-24(16-9-10-19-20(13-16)32-12-11-31-19)22(29)27(23(30)26-24)14-21(28)25-18-8-4-6-15-5-2-3-7-17(15)18/h2-10,13H,11-12,14H2,1H3,(H,25,28)(H,26,30). The molecular formula is C24H21N3O5. The van der Waals surface area contributed by atoms with Crippen LogP contribution in [-0.2, 0) is 15.1 Å². The van der Waals surface area contributed by atoms with Crippen molar-refractivity contribution in [2.24, 2.45) is 0 Å². The number of carbonyl (C=O) groups is 3. The van der Waals surface area contributed by atoms with E-state index in [1.54, 1.807) is 31.2 Å². The second-order valence-electron chi connectivity index (χ2n) is 7.88. The predicted molar refractivity (Wildman–Crippen MR) is 118 cm³/mol. The van der Waals surface area contributed by atoms with Crippen molar-refractivity contribution in [2.45, 2.75) is 12.5 Å². The van der Waals surface area contributed by atoms with Gasteiger partial charge in [-0.3, -0.25) is 14.5 Å². The molecule has 3 aromatic carbocycles. The van der Waals surface area contributed by atoms with E-state index in [1.807, 2.05) is 36.4 Å². The first-order chi connectivity index (χ1) is 15.5. The van der Waals surface area contributed by atoms with Crippen molar-refractivity contribution in [3.63, 3.8) is 0 Å². The topological polar surface area (TPSA) is 97.0 Å². The number of ether oxygens (including phenoxy) is 2. The highest BCUT2D eigenvalue weighted by Crippen LogP contribution is 2.36. The summed E-state index contributed by atoms with van der Waals surface area (Å²) >= 11 is 0. The molecule has 1 unspecified atom stereocenters. The van der Waals surface area contributed by atoms with Gasteiger partial charge in [-0.05, 0) is 36.1 Å². The lowest BCUT2D eigenvalue weighted by molar-refractivity contribution is -0.133. The van der Waals surface area contributed by atoms with Crippen molar-refractivity contribution in [1.29, 1.82) is 0 Å². The summed E-state index contributed by atoms with van der Waals surface area (Å²) in [5, 5.41) is 7.38. The molecule has 0 radical (unpaired) electrons. The average molecular weight is 431 g/mol. The Labute approximate surface area is 184 Å². The van der Waals surface area contributed by atoms with E-state index in [4.69, 9.17) is 9.47 Å². The van der Waals surface area contributed by atoms with Gasteiger partial charge < -0.3 is 20.1 Å². The lowest BCUT2D eigenvalue weighted by Gasteiger charge is -2.25. The molecule has 4 amide bonds. The number of imide groups is 1. The summed E-state index contributed by atoms with van der Waals surface area (Å²) in [6.45, 7) is 2.09. The van der Waals surface area contributed by atoms with Crippen molar-refractivity contribution in [1.82, 2.24) is 10.2 Å². The monoisotopic (exact) mass is 431 g/mol. The van der Waals surface area contributed by atoms with Crippen molar-refractivity contribution in [2.75, 3.05) is 25.1 Å². The van der Waals surface area contributed by atoms with E-state index in [1.165, 1.54) is 0 Å². The molecule has 2 N–H and O–H groups in total. The first-order valence-electron chi connectivity index (χ1n) is 10.3. The fourth-order valence-electron chi connectivity index (χ4n) is 4.06. The van der Waals surface area contributed by atoms with E-state index in [0.29, 0.717) is 36.0 Å². The molecule has 1 atom stereocenters. The maximum absolute atomic E-state index is 13.2. The van der Waals surface area contributed by atoms with Gasteiger partial charge in [0.1, 0.15) is 25.3 Å². The maximum Gasteiger partial charge on any atom is 0.325 e. The first-order valence-corrected chi connectivity index (χ1v) is 10.3. The SMILES string of the molecule is CC1(c2ccc3c(c2)OCCO3)NC(=O)N(CC(=O)Nc2cccc3ccccc23)C1=O. The van der Waals surface area contributed by atoms with Gasteiger partial charge in [-0.25, -0.2) is 4.79 Å². The molecule has 3 aromatic rings. The Balaban J connectivity index is 1.35. The molecule has 2 heterocycles. The third-order valence-electron chi connectivity index (χ3n) is 5.76. The third-order valence-corrected chi connectivity index (χ3v) is 5.76. The van der Waals surface area contributed by atoms with Crippen molar-refractivity contribution >= 4 is 34.3 Å². The average Bonchev–Trinajstić information content (AvgIpc) is 3.03. The van der Waals surface area contributed by atoms with Crippen molar-refractivity contribution in [3.8, 4) is 11.5 Å². The van der Waals surface area contributed by atoms with Gasteiger partial charge in [0.2, 0.25) is 5.91 Å². The summed E-state index contributed by atoms with van der Waals surface area (Å²) in [7, 11) is 0. The molecule has 0 bridgehead atoms. The smallest absolute Gasteiger partial charge is 0.325 e. The van der Waals surface area contributed by atoms with Gasteiger partial charge in [-0.1, -0.05) is 42.5 Å². The van der Waals surface area contributed by atoms with E-state index in [9.17, 15) is 14.4 Å².